The van der Waals surface area contributed by atoms with Crippen molar-refractivity contribution >= 4 is 23.6 Å². The van der Waals surface area contributed by atoms with Crippen LogP contribution in [0.3, 0.4) is 0 Å². The molecule has 2 rings (SSSR count). The SMILES string of the molecule is CCOC(=O)/C=C/c1ccc(NC(=O)Cn2cnc(C#N)n2)cc1. The molecule has 0 atom stereocenters. The normalized spacial score (nSPS) is 10.3. The molecule has 8 heteroatoms. The molecule has 1 N–H and O–H groups in total. The lowest BCUT2D eigenvalue weighted by Crippen LogP contribution is -2.19. The van der Waals surface area contributed by atoms with E-state index in [4.69, 9.17) is 10.00 Å². The molecule has 8 nitrogen and oxygen atoms in total. The molecular weight excluding hydrogens is 310 g/mol. The summed E-state index contributed by atoms with van der Waals surface area (Å²) in [5, 5.41) is 15.1. The maximum atomic E-state index is 11.9. The number of nitrogens with zero attached hydrogens (tertiary/aromatic N) is 4. The van der Waals surface area contributed by atoms with Crippen LogP contribution < -0.4 is 5.32 Å². The van der Waals surface area contributed by atoms with Gasteiger partial charge in [0.25, 0.3) is 5.82 Å². The molecule has 0 saturated heterocycles. The Bertz CT molecular complexity index is 787. The van der Waals surface area contributed by atoms with Crippen LogP contribution in [0.15, 0.2) is 36.7 Å². The smallest absolute Gasteiger partial charge is 0.330 e. The Labute approximate surface area is 138 Å². The van der Waals surface area contributed by atoms with Crippen molar-refractivity contribution in [2.75, 3.05) is 11.9 Å². The van der Waals surface area contributed by atoms with E-state index >= 15 is 0 Å². The summed E-state index contributed by atoms with van der Waals surface area (Å²) >= 11 is 0. The van der Waals surface area contributed by atoms with Crippen molar-refractivity contribution < 1.29 is 14.3 Å². The lowest BCUT2D eigenvalue weighted by molar-refractivity contribution is -0.137. The van der Waals surface area contributed by atoms with Gasteiger partial charge in [0.05, 0.1) is 6.61 Å². The molecular formula is C16H15N5O3. The number of aromatic nitrogens is 3. The molecule has 1 heterocycles. The first kappa shape index (κ1) is 16.9. The Morgan fingerprint density at radius 3 is 2.75 bits per heavy atom. The molecule has 0 bridgehead atoms. The van der Waals surface area contributed by atoms with Gasteiger partial charge in [-0.15, -0.1) is 5.10 Å². The molecule has 1 aromatic carbocycles. The number of rotatable bonds is 6. The van der Waals surface area contributed by atoms with Gasteiger partial charge in [-0.3, -0.25) is 4.79 Å². The summed E-state index contributed by atoms with van der Waals surface area (Å²) < 4.78 is 6.07. The van der Waals surface area contributed by atoms with Crippen molar-refractivity contribution in [3.63, 3.8) is 0 Å². The number of carbonyl (C=O) groups excluding carboxylic acids is 2. The molecule has 0 aliphatic heterocycles. The number of hydrogen-bond donors (Lipinski definition) is 1. The lowest BCUT2D eigenvalue weighted by atomic mass is 10.2. The summed E-state index contributed by atoms with van der Waals surface area (Å²) in [6.07, 6.45) is 4.29. The van der Waals surface area contributed by atoms with Crippen molar-refractivity contribution in [2.24, 2.45) is 0 Å². The van der Waals surface area contributed by atoms with Crippen LogP contribution in [0.4, 0.5) is 5.69 Å². The van der Waals surface area contributed by atoms with E-state index in [9.17, 15) is 9.59 Å². The van der Waals surface area contributed by atoms with Gasteiger partial charge in [-0.25, -0.2) is 14.5 Å². The first-order valence-corrected chi connectivity index (χ1v) is 7.15. The van der Waals surface area contributed by atoms with Gasteiger partial charge in [-0.2, -0.15) is 5.26 Å². The molecule has 0 spiro atoms. The minimum Gasteiger partial charge on any atom is -0.463 e. The van der Waals surface area contributed by atoms with E-state index in [1.807, 2.05) is 0 Å². The number of anilines is 1. The van der Waals surface area contributed by atoms with E-state index in [1.165, 1.54) is 17.1 Å². The lowest BCUT2D eigenvalue weighted by Gasteiger charge is -2.05. The van der Waals surface area contributed by atoms with Crippen molar-refractivity contribution in [1.29, 1.82) is 5.26 Å². The predicted octanol–water partition coefficient (Wildman–Crippen LogP) is 1.36. The largest absolute Gasteiger partial charge is 0.463 e. The number of ether oxygens (including phenoxy) is 1. The van der Waals surface area contributed by atoms with Crippen LogP contribution in [-0.2, 0) is 20.9 Å². The Hall–Kier alpha value is -3.47. The van der Waals surface area contributed by atoms with Crippen LogP contribution in [0.5, 0.6) is 0 Å². The summed E-state index contributed by atoms with van der Waals surface area (Å²) in [4.78, 5) is 26.8. The number of carbonyl (C=O) groups is 2. The second-order valence-corrected chi connectivity index (χ2v) is 4.63. The van der Waals surface area contributed by atoms with Gasteiger partial charge >= 0.3 is 5.97 Å². The van der Waals surface area contributed by atoms with Gasteiger partial charge in [0.2, 0.25) is 5.91 Å². The van der Waals surface area contributed by atoms with E-state index in [1.54, 1.807) is 43.3 Å². The third kappa shape index (κ3) is 5.06. The van der Waals surface area contributed by atoms with Gasteiger partial charge in [0, 0.05) is 11.8 Å². The summed E-state index contributed by atoms with van der Waals surface area (Å²) in [6, 6.07) is 8.73. The number of nitrogens with one attached hydrogen (secondary N) is 1. The van der Waals surface area contributed by atoms with Gasteiger partial charge in [0.15, 0.2) is 0 Å². The van der Waals surface area contributed by atoms with Crippen LogP contribution in [0.25, 0.3) is 6.08 Å². The standard InChI is InChI=1S/C16H15N5O3/c1-2-24-16(23)8-5-12-3-6-13(7-4-12)19-15(22)10-21-11-18-14(9-17)20-21/h3-8,11H,2,10H2,1H3,(H,19,22)/b8-5+. The van der Waals surface area contributed by atoms with Gasteiger partial charge in [0.1, 0.15) is 18.9 Å². The van der Waals surface area contributed by atoms with Crippen LogP contribution >= 0.6 is 0 Å². The Morgan fingerprint density at radius 1 is 1.38 bits per heavy atom. The van der Waals surface area contributed by atoms with Crippen LogP contribution in [0.1, 0.15) is 18.3 Å². The number of hydrogen-bond acceptors (Lipinski definition) is 6. The van der Waals surface area contributed by atoms with Crippen molar-refractivity contribution in [3.8, 4) is 6.07 Å². The van der Waals surface area contributed by atoms with E-state index in [0.717, 1.165) is 5.56 Å². The molecule has 0 radical (unpaired) electrons. The number of nitriles is 1. The van der Waals surface area contributed by atoms with Crippen molar-refractivity contribution in [1.82, 2.24) is 14.8 Å². The minimum absolute atomic E-state index is 0.0144. The molecule has 0 fully saturated rings. The Kier molecular flexibility index (Phi) is 5.80. The molecule has 0 unspecified atom stereocenters. The summed E-state index contributed by atoms with van der Waals surface area (Å²) in [6.45, 7) is 2.03. The second-order valence-electron chi connectivity index (χ2n) is 4.63. The topological polar surface area (TPSA) is 110 Å². The number of benzene rings is 1. The molecule has 1 amide bonds. The molecule has 0 saturated carbocycles. The first-order chi connectivity index (χ1) is 11.6. The zero-order valence-electron chi connectivity index (χ0n) is 13.0. The third-order valence-electron chi connectivity index (χ3n) is 2.83. The monoisotopic (exact) mass is 325 g/mol. The fourth-order valence-electron chi connectivity index (χ4n) is 1.80. The molecule has 24 heavy (non-hydrogen) atoms. The maximum absolute atomic E-state index is 11.9. The van der Waals surface area contributed by atoms with E-state index in [0.29, 0.717) is 12.3 Å². The van der Waals surface area contributed by atoms with Crippen molar-refractivity contribution in [2.45, 2.75) is 13.5 Å². The highest BCUT2D eigenvalue weighted by atomic mass is 16.5. The highest BCUT2D eigenvalue weighted by Crippen LogP contribution is 2.11. The summed E-state index contributed by atoms with van der Waals surface area (Å²) in [5.41, 5.74) is 1.41. The van der Waals surface area contributed by atoms with Crippen molar-refractivity contribution in [3.05, 3.63) is 48.1 Å². The molecule has 0 aliphatic rings. The van der Waals surface area contributed by atoms with Crippen LogP contribution in [0.2, 0.25) is 0 Å². The highest BCUT2D eigenvalue weighted by molar-refractivity contribution is 5.91. The Balaban J connectivity index is 1.90. The highest BCUT2D eigenvalue weighted by Gasteiger charge is 2.06. The van der Waals surface area contributed by atoms with E-state index < -0.39 is 5.97 Å². The Morgan fingerprint density at radius 2 is 2.12 bits per heavy atom. The minimum atomic E-state index is -0.403. The van der Waals surface area contributed by atoms with Gasteiger partial charge < -0.3 is 10.1 Å². The number of esters is 1. The van der Waals surface area contributed by atoms with Crippen LogP contribution in [-0.4, -0.2) is 33.2 Å². The van der Waals surface area contributed by atoms with E-state index in [-0.39, 0.29) is 18.3 Å². The van der Waals surface area contributed by atoms with Gasteiger partial charge in [-0.1, -0.05) is 12.1 Å². The fraction of sp³-hybridized carbons (Fsp3) is 0.188. The first-order valence-electron chi connectivity index (χ1n) is 7.15. The summed E-state index contributed by atoms with van der Waals surface area (Å²) in [7, 11) is 0. The molecule has 0 aliphatic carbocycles. The fourth-order valence-corrected chi connectivity index (χ4v) is 1.80. The zero-order chi connectivity index (χ0) is 17.4. The molecule has 1 aromatic heterocycles. The average Bonchev–Trinajstić information content (AvgIpc) is 3.02. The van der Waals surface area contributed by atoms with Crippen LogP contribution in [0, 0.1) is 11.3 Å². The predicted molar refractivity (Wildman–Crippen MR) is 85.5 cm³/mol. The summed E-state index contributed by atoms with van der Waals surface area (Å²) in [5.74, 6) is -0.681. The maximum Gasteiger partial charge on any atom is 0.330 e. The average molecular weight is 325 g/mol. The van der Waals surface area contributed by atoms with E-state index in [2.05, 4.69) is 15.4 Å². The third-order valence-corrected chi connectivity index (χ3v) is 2.83. The zero-order valence-corrected chi connectivity index (χ0v) is 13.0. The molecule has 2 aromatic rings. The molecule has 122 valence electrons. The quantitative estimate of drug-likeness (QED) is 0.634. The number of amides is 1. The van der Waals surface area contributed by atoms with Gasteiger partial charge in [-0.05, 0) is 30.7 Å². The second kappa shape index (κ2) is 8.24.